The molecular formula is C55H100O10. The lowest BCUT2D eigenvalue weighted by molar-refractivity contribution is -0.305. The normalized spacial score (nSPS) is 19.5. The molecule has 10 heteroatoms. The highest BCUT2D eigenvalue weighted by molar-refractivity contribution is 5.70. The Kier molecular flexibility index (Phi) is 42.8. The van der Waals surface area contributed by atoms with Crippen molar-refractivity contribution in [3.63, 3.8) is 0 Å². The van der Waals surface area contributed by atoms with Crippen LogP contribution in [0.2, 0.25) is 0 Å². The van der Waals surface area contributed by atoms with Crippen LogP contribution in [-0.4, -0.2) is 89.0 Å². The van der Waals surface area contributed by atoms with Crippen LogP contribution in [0.3, 0.4) is 0 Å². The standard InChI is InChI=1S/C55H100O10/c1-3-5-7-9-11-13-15-17-19-21-22-23-24-25-26-28-30-32-34-36-38-40-42-44-51(58)64-48(47-63-55-54(61)53(60)52(59)49(45-56)65-55)46-62-50(57)43-41-39-37-35-33-31-29-27-20-18-16-14-12-10-8-6-4-2/h14,16,28,30,36,38,48-49,52-56,59-61H,3-13,15,17-27,29,31-35,37,39-47H2,1-2H3/b16-14+,30-28+,38-36+/t48-,49-,52+,53?,54?,55-/m1/s1. The van der Waals surface area contributed by atoms with Crippen molar-refractivity contribution in [2.75, 3.05) is 19.8 Å². The van der Waals surface area contributed by atoms with Crippen LogP contribution in [0.1, 0.15) is 245 Å². The van der Waals surface area contributed by atoms with Gasteiger partial charge in [-0.25, -0.2) is 0 Å². The van der Waals surface area contributed by atoms with E-state index in [1.54, 1.807) is 0 Å². The Labute approximate surface area is 397 Å². The first-order valence-electron chi connectivity index (χ1n) is 27.1. The summed E-state index contributed by atoms with van der Waals surface area (Å²) in [7, 11) is 0. The van der Waals surface area contributed by atoms with E-state index in [4.69, 9.17) is 18.9 Å². The smallest absolute Gasteiger partial charge is 0.306 e. The van der Waals surface area contributed by atoms with Gasteiger partial charge < -0.3 is 39.4 Å². The van der Waals surface area contributed by atoms with E-state index in [9.17, 15) is 30.0 Å². The molecule has 0 aliphatic carbocycles. The SMILES string of the molecule is CCCCCC/C=C/CCCCCCCCCCCC(=O)OC[C@H](CO[C@@H]1O[C@H](CO)[C@H](O)C(O)C1O)OC(=O)CCC/C=C/CC/C=C/CCCCCCCCCCCCCCCC. The minimum Gasteiger partial charge on any atom is -0.462 e. The highest BCUT2D eigenvalue weighted by Gasteiger charge is 2.44. The van der Waals surface area contributed by atoms with Gasteiger partial charge in [-0.1, -0.05) is 198 Å². The van der Waals surface area contributed by atoms with E-state index in [-0.39, 0.29) is 32.0 Å². The fraction of sp³-hybridized carbons (Fsp3) is 0.855. The van der Waals surface area contributed by atoms with Gasteiger partial charge in [-0.2, -0.15) is 0 Å². The Balaban J connectivity index is 2.26. The Morgan fingerprint density at radius 3 is 1.31 bits per heavy atom. The first-order valence-corrected chi connectivity index (χ1v) is 27.1. The molecule has 380 valence electrons. The van der Waals surface area contributed by atoms with E-state index in [2.05, 4.69) is 50.3 Å². The third kappa shape index (κ3) is 36.6. The van der Waals surface area contributed by atoms with Crippen LogP contribution in [0, 0.1) is 0 Å². The van der Waals surface area contributed by atoms with Crippen LogP contribution in [0.5, 0.6) is 0 Å². The molecule has 0 aromatic rings. The molecule has 0 spiro atoms. The number of allylic oxidation sites excluding steroid dienone is 6. The third-order valence-corrected chi connectivity index (χ3v) is 12.5. The van der Waals surface area contributed by atoms with Gasteiger partial charge in [0.15, 0.2) is 12.4 Å². The Bertz CT molecular complexity index is 1160. The monoisotopic (exact) mass is 921 g/mol. The summed E-state index contributed by atoms with van der Waals surface area (Å²) in [5, 5.41) is 40.2. The molecule has 0 aromatic heterocycles. The highest BCUT2D eigenvalue weighted by Crippen LogP contribution is 2.23. The van der Waals surface area contributed by atoms with Crippen LogP contribution in [0.15, 0.2) is 36.5 Å². The van der Waals surface area contributed by atoms with Crippen LogP contribution in [-0.2, 0) is 28.5 Å². The summed E-state index contributed by atoms with van der Waals surface area (Å²) >= 11 is 0. The molecule has 6 atom stereocenters. The van der Waals surface area contributed by atoms with Crippen molar-refractivity contribution >= 4 is 11.9 Å². The first-order chi connectivity index (χ1) is 31.8. The molecule has 1 aliphatic heterocycles. The second-order valence-corrected chi connectivity index (χ2v) is 18.7. The van der Waals surface area contributed by atoms with E-state index >= 15 is 0 Å². The van der Waals surface area contributed by atoms with Crippen molar-refractivity contribution in [2.24, 2.45) is 0 Å². The van der Waals surface area contributed by atoms with Crippen molar-refractivity contribution in [3.05, 3.63) is 36.5 Å². The van der Waals surface area contributed by atoms with Crippen LogP contribution >= 0.6 is 0 Å². The molecular weight excluding hydrogens is 821 g/mol. The van der Waals surface area contributed by atoms with Crippen LogP contribution in [0.25, 0.3) is 0 Å². The lowest BCUT2D eigenvalue weighted by atomic mass is 9.99. The van der Waals surface area contributed by atoms with E-state index in [0.29, 0.717) is 6.42 Å². The lowest BCUT2D eigenvalue weighted by Gasteiger charge is -2.39. The topological polar surface area (TPSA) is 152 Å². The quantitative estimate of drug-likeness (QED) is 0.0264. The summed E-state index contributed by atoms with van der Waals surface area (Å²) in [5.41, 5.74) is 0. The van der Waals surface area contributed by atoms with Crippen molar-refractivity contribution in [1.29, 1.82) is 0 Å². The summed E-state index contributed by atoms with van der Waals surface area (Å²) in [4.78, 5) is 25.5. The Morgan fingerprint density at radius 2 is 0.846 bits per heavy atom. The summed E-state index contributed by atoms with van der Waals surface area (Å²) in [5.74, 6) is -0.850. The van der Waals surface area contributed by atoms with E-state index < -0.39 is 49.4 Å². The molecule has 0 amide bonds. The number of hydrogen-bond donors (Lipinski definition) is 4. The Hall–Kier alpha value is -2.08. The zero-order valence-corrected chi connectivity index (χ0v) is 41.7. The van der Waals surface area contributed by atoms with Gasteiger partial charge >= 0.3 is 11.9 Å². The number of esters is 2. The largest absolute Gasteiger partial charge is 0.462 e. The fourth-order valence-corrected chi connectivity index (χ4v) is 8.20. The molecule has 10 nitrogen and oxygen atoms in total. The predicted molar refractivity (Wildman–Crippen MR) is 266 cm³/mol. The maximum atomic E-state index is 12.8. The van der Waals surface area contributed by atoms with Crippen LogP contribution in [0.4, 0.5) is 0 Å². The number of hydrogen-bond acceptors (Lipinski definition) is 10. The number of unbranched alkanes of at least 4 members (excludes halogenated alkanes) is 29. The van der Waals surface area contributed by atoms with Gasteiger partial charge in [0.05, 0.1) is 13.2 Å². The molecule has 1 fully saturated rings. The number of aliphatic hydroxyl groups is 4. The number of carbonyl (C=O) groups is 2. The molecule has 0 bridgehead atoms. The minimum absolute atomic E-state index is 0.171. The lowest BCUT2D eigenvalue weighted by Crippen LogP contribution is -2.59. The first kappa shape index (κ1) is 60.9. The molecule has 0 radical (unpaired) electrons. The zero-order valence-electron chi connectivity index (χ0n) is 41.7. The fourth-order valence-electron chi connectivity index (χ4n) is 8.20. The predicted octanol–water partition coefficient (Wildman–Crippen LogP) is 13.0. The van der Waals surface area contributed by atoms with Gasteiger partial charge in [0.2, 0.25) is 0 Å². The summed E-state index contributed by atoms with van der Waals surface area (Å²) in [6, 6.07) is 0. The van der Waals surface area contributed by atoms with Crippen molar-refractivity contribution < 1.29 is 49.0 Å². The summed E-state index contributed by atoms with van der Waals surface area (Å²) < 4.78 is 22.2. The third-order valence-electron chi connectivity index (χ3n) is 12.5. The number of aliphatic hydroxyl groups excluding tert-OH is 4. The molecule has 0 aromatic carbocycles. The van der Waals surface area contributed by atoms with Gasteiger partial charge in [-0.3, -0.25) is 9.59 Å². The molecule has 1 saturated heterocycles. The molecule has 1 aliphatic rings. The number of rotatable bonds is 46. The van der Waals surface area contributed by atoms with Gasteiger partial charge in [0.1, 0.15) is 31.0 Å². The maximum absolute atomic E-state index is 12.8. The minimum atomic E-state index is -1.60. The van der Waals surface area contributed by atoms with Crippen LogP contribution < -0.4 is 0 Å². The molecule has 4 N–H and O–H groups in total. The molecule has 1 heterocycles. The van der Waals surface area contributed by atoms with Gasteiger partial charge in [-0.05, 0) is 70.6 Å². The molecule has 1 rings (SSSR count). The summed E-state index contributed by atoms with van der Waals surface area (Å²) in [6.45, 7) is 3.41. The van der Waals surface area contributed by atoms with Gasteiger partial charge in [-0.15, -0.1) is 0 Å². The van der Waals surface area contributed by atoms with E-state index in [0.717, 1.165) is 51.4 Å². The van der Waals surface area contributed by atoms with E-state index in [1.807, 2.05) is 0 Å². The van der Waals surface area contributed by atoms with Crippen molar-refractivity contribution in [2.45, 2.75) is 282 Å². The molecule has 2 unspecified atom stereocenters. The average molecular weight is 921 g/mol. The van der Waals surface area contributed by atoms with Crippen molar-refractivity contribution in [3.8, 4) is 0 Å². The van der Waals surface area contributed by atoms with E-state index in [1.165, 1.54) is 161 Å². The molecule has 0 saturated carbocycles. The zero-order chi connectivity index (χ0) is 47.3. The van der Waals surface area contributed by atoms with Gasteiger partial charge in [0, 0.05) is 12.8 Å². The second-order valence-electron chi connectivity index (χ2n) is 18.7. The maximum Gasteiger partial charge on any atom is 0.306 e. The average Bonchev–Trinajstić information content (AvgIpc) is 3.30. The second kappa shape index (κ2) is 45.7. The van der Waals surface area contributed by atoms with Crippen molar-refractivity contribution in [1.82, 2.24) is 0 Å². The Morgan fingerprint density at radius 1 is 0.462 bits per heavy atom. The number of ether oxygens (including phenoxy) is 4. The highest BCUT2D eigenvalue weighted by atomic mass is 16.7. The molecule has 65 heavy (non-hydrogen) atoms. The number of carbonyl (C=O) groups excluding carboxylic acids is 2. The summed E-state index contributed by atoms with van der Waals surface area (Å²) in [6.07, 6.45) is 47.4. The van der Waals surface area contributed by atoms with Gasteiger partial charge in [0.25, 0.3) is 0 Å².